The number of hydrogen-bond donors (Lipinski definition) is 0. The fourth-order valence-electron chi connectivity index (χ4n) is 1.90. The van der Waals surface area contributed by atoms with E-state index in [0.717, 1.165) is 11.8 Å². The summed E-state index contributed by atoms with van der Waals surface area (Å²) in [7, 11) is -3.57. The molecule has 0 bridgehead atoms. The standard InChI is InChI=1S/C13H19BrFNO2S/c1-10(2)16(8-4-7-14)19(17,18)13-6-5-12(15)9-11(13)3/h5-6,9-10H,4,7-8H2,1-3H3. The summed E-state index contributed by atoms with van der Waals surface area (Å²) in [4.78, 5) is 0.178. The fourth-order valence-corrected chi connectivity index (χ4v) is 4.03. The highest BCUT2D eigenvalue weighted by molar-refractivity contribution is 9.09. The van der Waals surface area contributed by atoms with E-state index in [0.29, 0.717) is 12.1 Å². The Morgan fingerprint density at radius 1 is 1.37 bits per heavy atom. The van der Waals surface area contributed by atoms with Gasteiger partial charge in [-0.1, -0.05) is 15.9 Å². The van der Waals surface area contributed by atoms with E-state index in [1.54, 1.807) is 6.92 Å². The average molecular weight is 352 g/mol. The van der Waals surface area contributed by atoms with Gasteiger partial charge in [-0.3, -0.25) is 0 Å². The maximum atomic E-state index is 13.1. The molecule has 0 aromatic heterocycles. The third kappa shape index (κ3) is 4.00. The molecule has 0 atom stereocenters. The number of benzene rings is 1. The molecule has 0 aliphatic rings. The number of alkyl halides is 1. The van der Waals surface area contributed by atoms with Crippen molar-refractivity contribution >= 4 is 26.0 Å². The zero-order valence-corrected chi connectivity index (χ0v) is 13.8. The van der Waals surface area contributed by atoms with E-state index in [2.05, 4.69) is 15.9 Å². The zero-order chi connectivity index (χ0) is 14.6. The minimum Gasteiger partial charge on any atom is -0.207 e. The molecule has 0 fully saturated rings. The highest BCUT2D eigenvalue weighted by Gasteiger charge is 2.27. The number of rotatable bonds is 6. The Hall–Kier alpha value is -0.460. The normalized spacial score (nSPS) is 12.4. The number of aryl methyl sites for hydroxylation is 1. The Labute approximate surface area is 123 Å². The van der Waals surface area contributed by atoms with Gasteiger partial charge in [0.1, 0.15) is 5.82 Å². The first-order valence-electron chi connectivity index (χ1n) is 6.14. The van der Waals surface area contributed by atoms with Gasteiger partial charge in [-0.2, -0.15) is 4.31 Å². The van der Waals surface area contributed by atoms with E-state index in [4.69, 9.17) is 0 Å². The van der Waals surface area contributed by atoms with Crippen LogP contribution in [-0.2, 0) is 10.0 Å². The van der Waals surface area contributed by atoms with Crippen molar-refractivity contribution < 1.29 is 12.8 Å². The number of nitrogens with zero attached hydrogens (tertiary/aromatic N) is 1. The van der Waals surface area contributed by atoms with Gasteiger partial charge in [0.25, 0.3) is 0 Å². The van der Waals surface area contributed by atoms with Crippen molar-refractivity contribution in [1.29, 1.82) is 0 Å². The van der Waals surface area contributed by atoms with E-state index >= 15 is 0 Å². The van der Waals surface area contributed by atoms with Crippen molar-refractivity contribution in [2.45, 2.75) is 38.1 Å². The molecule has 0 amide bonds. The first-order valence-corrected chi connectivity index (χ1v) is 8.70. The van der Waals surface area contributed by atoms with Gasteiger partial charge in [0.2, 0.25) is 10.0 Å². The predicted molar refractivity (Wildman–Crippen MR) is 78.6 cm³/mol. The molecule has 6 heteroatoms. The van der Waals surface area contributed by atoms with Crippen LogP contribution >= 0.6 is 15.9 Å². The van der Waals surface area contributed by atoms with Crippen molar-refractivity contribution in [3.63, 3.8) is 0 Å². The van der Waals surface area contributed by atoms with Crippen LogP contribution in [0.1, 0.15) is 25.8 Å². The summed E-state index contributed by atoms with van der Waals surface area (Å²) in [6, 6.07) is 3.64. The van der Waals surface area contributed by atoms with Crippen LogP contribution in [0.25, 0.3) is 0 Å². The molecule has 0 saturated carbocycles. The third-order valence-electron chi connectivity index (χ3n) is 2.81. The first kappa shape index (κ1) is 16.6. The molecule has 0 unspecified atom stereocenters. The van der Waals surface area contributed by atoms with Gasteiger partial charge in [-0.15, -0.1) is 0 Å². The van der Waals surface area contributed by atoms with Gasteiger partial charge in [0.05, 0.1) is 4.90 Å². The maximum Gasteiger partial charge on any atom is 0.243 e. The smallest absolute Gasteiger partial charge is 0.207 e. The number of halogens is 2. The number of sulfonamides is 1. The van der Waals surface area contributed by atoms with Gasteiger partial charge in [0, 0.05) is 17.9 Å². The van der Waals surface area contributed by atoms with Crippen LogP contribution in [0, 0.1) is 12.7 Å². The van der Waals surface area contributed by atoms with Crippen LogP contribution in [-0.4, -0.2) is 30.6 Å². The summed E-state index contributed by atoms with van der Waals surface area (Å²) in [6.07, 6.45) is 0.734. The Morgan fingerprint density at radius 2 is 2.00 bits per heavy atom. The molecule has 19 heavy (non-hydrogen) atoms. The minimum absolute atomic E-state index is 0.131. The Morgan fingerprint density at radius 3 is 2.47 bits per heavy atom. The summed E-state index contributed by atoms with van der Waals surface area (Å²) in [6.45, 7) is 5.73. The van der Waals surface area contributed by atoms with Crippen molar-refractivity contribution in [1.82, 2.24) is 4.31 Å². The topological polar surface area (TPSA) is 37.4 Å². The molecule has 0 aliphatic carbocycles. The highest BCUT2D eigenvalue weighted by Crippen LogP contribution is 2.22. The van der Waals surface area contributed by atoms with Crippen LogP contribution < -0.4 is 0 Å². The number of hydrogen-bond acceptors (Lipinski definition) is 2. The molecule has 0 saturated heterocycles. The lowest BCUT2D eigenvalue weighted by Gasteiger charge is -2.26. The molecular formula is C13H19BrFNO2S. The van der Waals surface area contributed by atoms with Crippen LogP contribution in [0.2, 0.25) is 0 Å². The van der Waals surface area contributed by atoms with Crippen molar-refractivity contribution in [2.24, 2.45) is 0 Å². The molecule has 0 aliphatic heterocycles. The summed E-state index contributed by atoms with van der Waals surface area (Å²) >= 11 is 3.30. The van der Waals surface area contributed by atoms with Crippen molar-refractivity contribution in [3.8, 4) is 0 Å². The van der Waals surface area contributed by atoms with Crippen molar-refractivity contribution in [2.75, 3.05) is 11.9 Å². The first-order chi connectivity index (χ1) is 8.80. The molecule has 0 spiro atoms. The second kappa shape index (κ2) is 6.81. The minimum atomic E-state index is -3.57. The molecule has 1 rings (SSSR count). The SMILES string of the molecule is Cc1cc(F)ccc1S(=O)(=O)N(CCCBr)C(C)C. The van der Waals surface area contributed by atoms with E-state index in [-0.39, 0.29) is 10.9 Å². The van der Waals surface area contributed by atoms with Gasteiger partial charge >= 0.3 is 0 Å². The van der Waals surface area contributed by atoms with E-state index in [1.807, 2.05) is 13.8 Å². The van der Waals surface area contributed by atoms with Gasteiger partial charge in [-0.25, -0.2) is 12.8 Å². The van der Waals surface area contributed by atoms with Gasteiger partial charge < -0.3 is 0 Å². The zero-order valence-electron chi connectivity index (χ0n) is 11.4. The largest absolute Gasteiger partial charge is 0.243 e. The molecule has 0 N–H and O–H groups in total. The van der Waals surface area contributed by atoms with Crippen LogP contribution in [0.15, 0.2) is 23.1 Å². The molecule has 0 radical (unpaired) electrons. The fraction of sp³-hybridized carbons (Fsp3) is 0.538. The molecule has 0 heterocycles. The predicted octanol–water partition coefficient (Wildman–Crippen LogP) is 3.32. The molecule has 1 aromatic rings. The van der Waals surface area contributed by atoms with Crippen LogP contribution in [0.5, 0.6) is 0 Å². The van der Waals surface area contributed by atoms with Crippen LogP contribution in [0.3, 0.4) is 0 Å². The van der Waals surface area contributed by atoms with Crippen molar-refractivity contribution in [3.05, 3.63) is 29.6 Å². The quantitative estimate of drug-likeness (QED) is 0.737. The van der Waals surface area contributed by atoms with E-state index in [1.165, 1.54) is 22.5 Å². The summed E-state index contributed by atoms with van der Waals surface area (Å²) in [5.74, 6) is -0.423. The highest BCUT2D eigenvalue weighted by atomic mass is 79.9. The molecule has 1 aromatic carbocycles. The third-order valence-corrected chi connectivity index (χ3v) is 5.61. The van der Waals surface area contributed by atoms with E-state index < -0.39 is 15.8 Å². The Bertz CT molecular complexity index is 531. The Balaban J connectivity index is 3.19. The van der Waals surface area contributed by atoms with E-state index in [9.17, 15) is 12.8 Å². The summed E-state index contributed by atoms with van der Waals surface area (Å²) < 4.78 is 39.7. The monoisotopic (exact) mass is 351 g/mol. The molecule has 108 valence electrons. The average Bonchev–Trinajstić information content (AvgIpc) is 2.27. The van der Waals surface area contributed by atoms with Gasteiger partial charge in [0.15, 0.2) is 0 Å². The summed E-state index contributed by atoms with van der Waals surface area (Å²) in [5, 5.41) is 0.744. The Kier molecular flexibility index (Phi) is 5.95. The molecular weight excluding hydrogens is 333 g/mol. The molecule has 3 nitrogen and oxygen atoms in total. The van der Waals surface area contributed by atoms with Gasteiger partial charge in [-0.05, 0) is 51.0 Å². The lowest BCUT2D eigenvalue weighted by Crippen LogP contribution is -2.38. The lowest BCUT2D eigenvalue weighted by molar-refractivity contribution is 0.355. The van der Waals surface area contributed by atoms with Crippen LogP contribution in [0.4, 0.5) is 4.39 Å². The lowest BCUT2D eigenvalue weighted by atomic mass is 10.2. The maximum absolute atomic E-state index is 13.1. The second-order valence-electron chi connectivity index (χ2n) is 4.66. The summed E-state index contributed by atoms with van der Waals surface area (Å²) in [5.41, 5.74) is 0.435. The second-order valence-corrected chi connectivity index (χ2v) is 7.31.